The fourth-order valence-electron chi connectivity index (χ4n) is 2.45. The van der Waals surface area contributed by atoms with E-state index in [9.17, 15) is 0 Å². The van der Waals surface area contributed by atoms with Gasteiger partial charge in [0.05, 0.1) is 0 Å². The van der Waals surface area contributed by atoms with Crippen molar-refractivity contribution in [3.8, 4) is 5.75 Å². The lowest BCUT2D eigenvalue weighted by atomic mass is 10.1. The third-order valence-electron chi connectivity index (χ3n) is 3.75. The Balaban J connectivity index is 1.96. The Hall–Kier alpha value is -2.10. The summed E-state index contributed by atoms with van der Waals surface area (Å²) in [4.78, 5) is 0. The molecule has 0 fully saturated rings. The van der Waals surface area contributed by atoms with Crippen LogP contribution in [0.25, 0.3) is 6.08 Å². The number of rotatable bonds is 9. The lowest BCUT2D eigenvalue weighted by molar-refractivity contribution is -0.140. The summed E-state index contributed by atoms with van der Waals surface area (Å²) in [6.07, 6.45) is 1.84. The van der Waals surface area contributed by atoms with Crippen molar-refractivity contribution in [3.63, 3.8) is 0 Å². The second-order valence-corrected chi connectivity index (χ2v) is 6.00. The lowest BCUT2D eigenvalue weighted by Gasteiger charge is -2.17. The highest BCUT2D eigenvalue weighted by molar-refractivity contribution is 5.53. The van der Waals surface area contributed by atoms with E-state index in [1.54, 1.807) is 0 Å². The number of benzene rings is 2. The Morgan fingerprint density at radius 2 is 1.52 bits per heavy atom. The van der Waals surface area contributed by atoms with Crippen molar-refractivity contribution in [1.82, 2.24) is 0 Å². The van der Waals surface area contributed by atoms with E-state index in [-0.39, 0.29) is 6.29 Å². The third kappa shape index (κ3) is 6.37. The molecule has 0 aromatic heterocycles. The van der Waals surface area contributed by atoms with E-state index in [4.69, 9.17) is 14.2 Å². The van der Waals surface area contributed by atoms with Crippen LogP contribution >= 0.6 is 0 Å². The van der Waals surface area contributed by atoms with Crippen molar-refractivity contribution in [2.75, 3.05) is 19.8 Å². The summed E-state index contributed by atoms with van der Waals surface area (Å²) in [5.41, 5.74) is 4.58. The predicted molar refractivity (Wildman–Crippen MR) is 103 cm³/mol. The van der Waals surface area contributed by atoms with Crippen molar-refractivity contribution >= 4 is 6.08 Å². The van der Waals surface area contributed by atoms with Gasteiger partial charge in [-0.05, 0) is 51.0 Å². The minimum atomic E-state index is -0.293. The first-order valence-electron chi connectivity index (χ1n) is 8.82. The molecular formula is C22H28O3. The maximum atomic E-state index is 5.81. The first kappa shape index (κ1) is 19.2. The van der Waals surface area contributed by atoms with Crippen molar-refractivity contribution in [3.05, 3.63) is 70.8 Å². The van der Waals surface area contributed by atoms with Crippen LogP contribution in [0, 0.1) is 6.92 Å². The average Bonchev–Trinajstić information content (AvgIpc) is 2.62. The molecule has 2 aromatic carbocycles. The molecule has 0 spiro atoms. The highest BCUT2D eigenvalue weighted by Crippen LogP contribution is 2.20. The van der Waals surface area contributed by atoms with Crippen LogP contribution in [0.2, 0.25) is 0 Å². The van der Waals surface area contributed by atoms with Gasteiger partial charge in [-0.25, -0.2) is 0 Å². The fraction of sp³-hybridized carbons (Fsp3) is 0.364. The number of hydrogen-bond donors (Lipinski definition) is 0. The molecule has 0 atom stereocenters. The molecule has 3 heteroatoms. The van der Waals surface area contributed by atoms with Gasteiger partial charge in [0.1, 0.15) is 12.4 Å². The Labute approximate surface area is 151 Å². The van der Waals surface area contributed by atoms with Gasteiger partial charge in [0.2, 0.25) is 0 Å². The zero-order valence-electron chi connectivity index (χ0n) is 15.6. The molecule has 0 aliphatic heterocycles. The van der Waals surface area contributed by atoms with Gasteiger partial charge in [-0.2, -0.15) is 0 Å². The normalized spacial score (nSPS) is 11.8. The van der Waals surface area contributed by atoms with Gasteiger partial charge >= 0.3 is 0 Å². The summed E-state index contributed by atoms with van der Waals surface area (Å²) >= 11 is 0. The summed E-state index contributed by atoms with van der Waals surface area (Å²) in [7, 11) is 0. The Kier molecular flexibility index (Phi) is 7.71. The second-order valence-electron chi connectivity index (χ2n) is 6.00. The zero-order valence-corrected chi connectivity index (χ0v) is 15.6. The van der Waals surface area contributed by atoms with E-state index in [1.165, 1.54) is 11.1 Å². The molecule has 0 heterocycles. The van der Waals surface area contributed by atoms with Crippen LogP contribution in [0.15, 0.2) is 54.1 Å². The van der Waals surface area contributed by atoms with Crippen LogP contribution in [-0.2, 0) is 9.47 Å². The van der Waals surface area contributed by atoms with Crippen molar-refractivity contribution in [2.45, 2.75) is 34.0 Å². The zero-order chi connectivity index (χ0) is 18.1. The van der Waals surface area contributed by atoms with E-state index in [0.29, 0.717) is 19.8 Å². The van der Waals surface area contributed by atoms with Crippen LogP contribution < -0.4 is 4.74 Å². The molecule has 134 valence electrons. The first-order valence-corrected chi connectivity index (χ1v) is 8.82. The summed E-state index contributed by atoms with van der Waals surface area (Å²) in [5, 5.41) is 0. The van der Waals surface area contributed by atoms with Crippen LogP contribution in [0.5, 0.6) is 5.75 Å². The standard InChI is InChI=1S/C22H28O3/c1-5-23-22(24-6-2)20-11-9-19(10-12-20)15-18(4)16-25-21-13-7-17(3)8-14-21/h7-15,22H,5-6,16H2,1-4H3. The maximum absolute atomic E-state index is 5.81. The van der Waals surface area contributed by atoms with E-state index in [1.807, 2.05) is 26.0 Å². The molecule has 0 unspecified atom stereocenters. The van der Waals surface area contributed by atoms with Gasteiger partial charge < -0.3 is 14.2 Å². The van der Waals surface area contributed by atoms with Gasteiger partial charge in [-0.3, -0.25) is 0 Å². The molecule has 2 aromatic rings. The Bertz CT molecular complexity index is 651. The average molecular weight is 340 g/mol. The molecule has 0 saturated carbocycles. The summed E-state index contributed by atoms with van der Waals surface area (Å²) in [6.45, 7) is 9.92. The monoisotopic (exact) mass is 340 g/mol. The van der Waals surface area contributed by atoms with Crippen LogP contribution in [0.4, 0.5) is 0 Å². The quantitative estimate of drug-likeness (QED) is 0.560. The molecule has 0 aliphatic carbocycles. The van der Waals surface area contributed by atoms with Crippen LogP contribution in [0.3, 0.4) is 0 Å². The number of ether oxygens (including phenoxy) is 3. The number of aryl methyl sites for hydroxylation is 1. The Morgan fingerprint density at radius 3 is 2.08 bits per heavy atom. The van der Waals surface area contributed by atoms with E-state index >= 15 is 0 Å². The second kappa shape index (κ2) is 10.0. The van der Waals surface area contributed by atoms with Gasteiger partial charge in [0.25, 0.3) is 0 Å². The maximum Gasteiger partial charge on any atom is 0.183 e. The predicted octanol–water partition coefficient (Wildman–Crippen LogP) is 5.55. The molecule has 0 saturated heterocycles. The van der Waals surface area contributed by atoms with Gasteiger partial charge in [0.15, 0.2) is 6.29 Å². The molecular weight excluding hydrogens is 312 g/mol. The first-order chi connectivity index (χ1) is 12.1. The minimum absolute atomic E-state index is 0.293. The summed E-state index contributed by atoms with van der Waals surface area (Å²) in [6, 6.07) is 16.4. The summed E-state index contributed by atoms with van der Waals surface area (Å²) < 4.78 is 17.1. The highest BCUT2D eigenvalue weighted by Gasteiger charge is 2.10. The molecule has 25 heavy (non-hydrogen) atoms. The number of hydrogen-bond acceptors (Lipinski definition) is 3. The largest absolute Gasteiger partial charge is 0.489 e. The van der Waals surface area contributed by atoms with Crippen LogP contribution in [0.1, 0.15) is 43.8 Å². The molecule has 0 amide bonds. The Morgan fingerprint density at radius 1 is 0.920 bits per heavy atom. The van der Waals surface area contributed by atoms with E-state index in [2.05, 4.69) is 56.3 Å². The fourth-order valence-corrected chi connectivity index (χ4v) is 2.45. The topological polar surface area (TPSA) is 27.7 Å². The highest BCUT2D eigenvalue weighted by atomic mass is 16.7. The van der Waals surface area contributed by atoms with E-state index < -0.39 is 0 Å². The minimum Gasteiger partial charge on any atom is -0.489 e. The van der Waals surface area contributed by atoms with Crippen molar-refractivity contribution < 1.29 is 14.2 Å². The molecule has 2 rings (SSSR count). The SMILES string of the molecule is CCOC(OCC)c1ccc(C=C(C)COc2ccc(C)cc2)cc1. The molecule has 0 aliphatic rings. The van der Waals surface area contributed by atoms with Crippen LogP contribution in [-0.4, -0.2) is 19.8 Å². The molecule has 0 N–H and O–H groups in total. The molecule has 3 nitrogen and oxygen atoms in total. The molecule has 0 radical (unpaired) electrons. The van der Waals surface area contributed by atoms with Gasteiger partial charge in [0, 0.05) is 18.8 Å². The van der Waals surface area contributed by atoms with Gasteiger partial charge in [-0.15, -0.1) is 0 Å². The smallest absolute Gasteiger partial charge is 0.183 e. The third-order valence-corrected chi connectivity index (χ3v) is 3.75. The van der Waals surface area contributed by atoms with E-state index in [0.717, 1.165) is 16.9 Å². The molecule has 0 bridgehead atoms. The van der Waals surface area contributed by atoms with Crippen molar-refractivity contribution in [2.24, 2.45) is 0 Å². The van der Waals surface area contributed by atoms with Crippen molar-refractivity contribution in [1.29, 1.82) is 0 Å². The van der Waals surface area contributed by atoms with Gasteiger partial charge in [-0.1, -0.05) is 48.0 Å². The lowest BCUT2D eigenvalue weighted by Crippen LogP contribution is -2.08. The summed E-state index contributed by atoms with van der Waals surface area (Å²) in [5.74, 6) is 0.893.